The second-order valence-electron chi connectivity index (χ2n) is 18.5. The van der Waals surface area contributed by atoms with Crippen molar-refractivity contribution in [3.63, 3.8) is 0 Å². The molecule has 384 valence electrons. The summed E-state index contributed by atoms with van der Waals surface area (Å²) in [7, 11) is 0. The van der Waals surface area contributed by atoms with Crippen LogP contribution in [0, 0.1) is 0 Å². The van der Waals surface area contributed by atoms with Gasteiger partial charge in [-0.2, -0.15) is 0 Å². The van der Waals surface area contributed by atoms with Crippen molar-refractivity contribution in [2.45, 2.75) is 271 Å². The van der Waals surface area contributed by atoms with Gasteiger partial charge in [0.1, 0.15) is 13.2 Å². The summed E-state index contributed by atoms with van der Waals surface area (Å²) >= 11 is 0. The predicted molar refractivity (Wildman–Crippen MR) is 288 cm³/mol. The molecule has 6 nitrogen and oxygen atoms in total. The Morgan fingerprint density at radius 1 is 0.313 bits per heavy atom. The quantitative estimate of drug-likeness (QED) is 0.0262. The van der Waals surface area contributed by atoms with Crippen molar-refractivity contribution in [3.05, 3.63) is 85.1 Å². The lowest BCUT2D eigenvalue weighted by Crippen LogP contribution is -2.30. The third kappa shape index (κ3) is 53.4. The minimum atomic E-state index is -0.802. The maximum atomic E-state index is 12.8. The summed E-state index contributed by atoms with van der Waals surface area (Å²) in [6.45, 7) is 6.46. The number of hydrogen-bond acceptors (Lipinski definition) is 6. The Kier molecular flexibility index (Phi) is 52.4. The summed E-state index contributed by atoms with van der Waals surface area (Å²) in [6, 6.07) is 0. The molecular formula is C61H104O6. The summed E-state index contributed by atoms with van der Waals surface area (Å²) < 4.78 is 16.8. The topological polar surface area (TPSA) is 78.9 Å². The van der Waals surface area contributed by atoms with Crippen molar-refractivity contribution >= 4 is 17.9 Å². The molecule has 0 N–H and O–H groups in total. The number of ether oxygens (including phenoxy) is 3. The Balaban J connectivity index is 4.47. The number of allylic oxidation sites excluding steroid dienone is 14. The molecule has 0 aliphatic heterocycles. The highest BCUT2D eigenvalue weighted by Gasteiger charge is 2.19. The maximum Gasteiger partial charge on any atom is 0.306 e. The largest absolute Gasteiger partial charge is 0.462 e. The lowest BCUT2D eigenvalue weighted by molar-refractivity contribution is -0.167. The molecule has 0 unspecified atom stereocenters. The highest BCUT2D eigenvalue weighted by molar-refractivity contribution is 5.71. The first-order valence-electron chi connectivity index (χ1n) is 28.1. The van der Waals surface area contributed by atoms with Crippen LogP contribution >= 0.6 is 0 Å². The fourth-order valence-corrected chi connectivity index (χ4v) is 7.68. The maximum absolute atomic E-state index is 12.8. The van der Waals surface area contributed by atoms with Gasteiger partial charge < -0.3 is 14.2 Å². The highest BCUT2D eigenvalue weighted by Crippen LogP contribution is 2.15. The average molecular weight is 933 g/mol. The monoisotopic (exact) mass is 933 g/mol. The molecule has 67 heavy (non-hydrogen) atoms. The summed E-state index contributed by atoms with van der Waals surface area (Å²) in [6.07, 6.45) is 71.4. The number of unbranched alkanes of at least 4 members (excludes halogenated alkanes) is 25. The molecular weight excluding hydrogens is 829 g/mol. The zero-order chi connectivity index (χ0) is 48.6. The van der Waals surface area contributed by atoms with E-state index in [4.69, 9.17) is 14.2 Å². The SMILES string of the molecule is CC/C=C\C/C=C\C/C=C\C/C=C\CCCCC(=O)OC[C@H](COC(=O)CCCCCC/C=C\C/C=C\C/C=C\CCCCC)OC(=O)CCCCCCCCCCCCCCCCCCC. The van der Waals surface area contributed by atoms with Crippen LogP contribution in [0.3, 0.4) is 0 Å². The molecule has 1 atom stereocenters. The standard InChI is InChI=1S/C61H104O6/c1-4-7-10-13-16-19-22-25-28-30-33-36-39-42-45-48-51-54-60(63)66-57-58(56-65-59(62)53-50-47-44-41-38-35-32-27-24-21-18-15-12-9-6-3)67-61(64)55-52-49-46-43-40-37-34-31-29-26-23-20-17-14-11-8-5-2/h9,12,16,18-19,21,25,27-28,32-33,36,38,41,58H,4-8,10-11,13-15,17,20,22-24,26,29-31,34-35,37,39-40,42-57H2,1-3H3/b12-9-,19-16-,21-18-,28-25-,32-27-,36-33-,41-38-/t58-/m1/s1. The Bertz CT molecular complexity index is 1300. The van der Waals surface area contributed by atoms with Gasteiger partial charge in [0.25, 0.3) is 0 Å². The van der Waals surface area contributed by atoms with Gasteiger partial charge in [-0.05, 0) is 96.3 Å². The van der Waals surface area contributed by atoms with Crippen LogP contribution in [0.2, 0.25) is 0 Å². The van der Waals surface area contributed by atoms with Gasteiger partial charge in [0, 0.05) is 19.3 Å². The van der Waals surface area contributed by atoms with Crippen LogP contribution < -0.4 is 0 Å². The van der Waals surface area contributed by atoms with Crippen LogP contribution in [0.1, 0.15) is 265 Å². The number of rotatable bonds is 50. The smallest absolute Gasteiger partial charge is 0.306 e. The van der Waals surface area contributed by atoms with E-state index in [0.29, 0.717) is 19.3 Å². The third-order valence-corrected chi connectivity index (χ3v) is 11.9. The van der Waals surface area contributed by atoms with Crippen LogP contribution in [0.15, 0.2) is 85.1 Å². The molecule has 0 saturated heterocycles. The molecule has 0 heterocycles. The molecule has 0 radical (unpaired) electrons. The van der Waals surface area contributed by atoms with E-state index < -0.39 is 6.10 Å². The van der Waals surface area contributed by atoms with Crippen molar-refractivity contribution in [2.24, 2.45) is 0 Å². The van der Waals surface area contributed by atoms with Crippen LogP contribution in [0.25, 0.3) is 0 Å². The van der Waals surface area contributed by atoms with Crippen LogP contribution in [-0.2, 0) is 28.6 Å². The molecule has 0 aliphatic carbocycles. The normalized spacial score (nSPS) is 12.7. The lowest BCUT2D eigenvalue weighted by atomic mass is 10.0. The van der Waals surface area contributed by atoms with Gasteiger partial charge in [0.05, 0.1) is 0 Å². The molecule has 0 fully saturated rings. The van der Waals surface area contributed by atoms with E-state index in [9.17, 15) is 14.4 Å². The molecule has 0 bridgehead atoms. The zero-order valence-corrected chi connectivity index (χ0v) is 43.9. The first kappa shape index (κ1) is 63.6. The second-order valence-corrected chi connectivity index (χ2v) is 18.5. The predicted octanol–water partition coefficient (Wildman–Crippen LogP) is 18.8. The minimum absolute atomic E-state index is 0.1000. The van der Waals surface area contributed by atoms with Crippen molar-refractivity contribution in [1.82, 2.24) is 0 Å². The highest BCUT2D eigenvalue weighted by atomic mass is 16.6. The zero-order valence-electron chi connectivity index (χ0n) is 43.9. The van der Waals surface area contributed by atoms with Gasteiger partial charge in [-0.3, -0.25) is 14.4 Å². The van der Waals surface area contributed by atoms with Gasteiger partial charge in [0.2, 0.25) is 0 Å². The molecule has 0 aromatic rings. The van der Waals surface area contributed by atoms with Crippen LogP contribution in [-0.4, -0.2) is 37.2 Å². The number of esters is 3. The summed E-state index contributed by atoms with van der Waals surface area (Å²) in [5, 5.41) is 0. The summed E-state index contributed by atoms with van der Waals surface area (Å²) in [5.74, 6) is -0.955. The molecule has 0 rings (SSSR count). The van der Waals surface area contributed by atoms with E-state index in [1.165, 1.54) is 116 Å². The minimum Gasteiger partial charge on any atom is -0.462 e. The van der Waals surface area contributed by atoms with Crippen molar-refractivity contribution in [2.75, 3.05) is 13.2 Å². The van der Waals surface area contributed by atoms with Crippen LogP contribution in [0.5, 0.6) is 0 Å². The Labute approximate surface area is 414 Å². The van der Waals surface area contributed by atoms with E-state index in [2.05, 4.69) is 106 Å². The van der Waals surface area contributed by atoms with Crippen molar-refractivity contribution in [3.8, 4) is 0 Å². The summed E-state index contributed by atoms with van der Waals surface area (Å²) in [5.41, 5.74) is 0. The van der Waals surface area contributed by atoms with Gasteiger partial charge in [0.15, 0.2) is 6.10 Å². The number of carbonyl (C=O) groups is 3. The molecule has 6 heteroatoms. The molecule has 0 amide bonds. The average Bonchev–Trinajstić information content (AvgIpc) is 3.33. The lowest BCUT2D eigenvalue weighted by Gasteiger charge is -2.18. The van der Waals surface area contributed by atoms with E-state index in [-0.39, 0.29) is 31.1 Å². The van der Waals surface area contributed by atoms with Gasteiger partial charge in [-0.15, -0.1) is 0 Å². The van der Waals surface area contributed by atoms with E-state index >= 15 is 0 Å². The fourth-order valence-electron chi connectivity index (χ4n) is 7.68. The Morgan fingerprint density at radius 3 is 0.970 bits per heavy atom. The van der Waals surface area contributed by atoms with Gasteiger partial charge >= 0.3 is 17.9 Å². The Hall–Kier alpha value is -3.41. The van der Waals surface area contributed by atoms with Crippen molar-refractivity contribution < 1.29 is 28.6 Å². The van der Waals surface area contributed by atoms with E-state index in [1.807, 2.05) is 0 Å². The third-order valence-electron chi connectivity index (χ3n) is 11.9. The number of hydrogen-bond donors (Lipinski definition) is 0. The van der Waals surface area contributed by atoms with Crippen molar-refractivity contribution in [1.29, 1.82) is 0 Å². The van der Waals surface area contributed by atoms with E-state index in [1.54, 1.807) is 0 Å². The first-order valence-corrected chi connectivity index (χ1v) is 28.1. The number of carbonyl (C=O) groups excluding carboxylic acids is 3. The molecule has 0 aromatic carbocycles. The second kappa shape index (κ2) is 55.2. The van der Waals surface area contributed by atoms with Gasteiger partial charge in [-0.1, -0.05) is 234 Å². The van der Waals surface area contributed by atoms with E-state index in [0.717, 1.165) is 109 Å². The van der Waals surface area contributed by atoms with Crippen LogP contribution in [0.4, 0.5) is 0 Å². The fraction of sp³-hybridized carbons (Fsp3) is 0.721. The molecule has 0 spiro atoms. The summed E-state index contributed by atoms with van der Waals surface area (Å²) in [4.78, 5) is 38.1. The van der Waals surface area contributed by atoms with Gasteiger partial charge in [-0.25, -0.2) is 0 Å². The first-order chi connectivity index (χ1) is 33.0. The molecule has 0 saturated carbocycles. The molecule has 0 aliphatic rings. The molecule has 0 aromatic heterocycles. The Morgan fingerprint density at radius 2 is 0.582 bits per heavy atom.